The highest BCUT2D eigenvalue weighted by molar-refractivity contribution is 6.14. The lowest BCUT2D eigenvalue weighted by Crippen LogP contribution is -2.24. The van der Waals surface area contributed by atoms with Crippen LogP contribution < -0.4 is 10.4 Å². The minimum atomic E-state index is -4.64. The number of hydrogen-bond donors (Lipinski definition) is 0. The second-order valence-electron chi connectivity index (χ2n) is 16.2. The molecule has 1 nitrogen and oxygen atoms in total. The molecular formula is C57H36F3N. The average Bonchev–Trinajstić information content (AvgIpc) is 3.80. The largest absolute Gasteiger partial charge is 0.416 e. The van der Waals surface area contributed by atoms with Crippen molar-refractivity contribution in [2.24, 2.45) is 5.92 Å². The van der Waals surface area contributed by atoms with Crippen LogP contribution in [-0.2, 0) is 0 Å². The molecule has 290 valence electrons. The molecule has 0 amide bonds. The van der Waals surface area contributed by atoms with E-state index in [1.807, 2.05) is 18.2 Å². The second-order valence-corrected chi connectivity index (χ2v) is 16.2. The van der Waals surface area contributed by atoms with Crippen LogP contribution in [0.25, 0.3) is 72.5 Å². The van der Waals surface area contributed by atoms with Gasteiger partial charge in [0.05, 0.1) is 11.6 Å². The summed E-state index contributed by atoms with van der Waals surface area (Å²) in [5.74, 6) is 0.119. The van der Waals surface area contributed by atoms with E-state index in [-0.39, 0.29) is 17.9 Å². The Hall–Kier alpha value is -7.48. The van der Waals surface area contributed by atoms with Crippen molar-refractivity contribution in [1.82, 2.24) is 0 Å². The summed E-state index contributed by atoms with van der Waals surface area (Å²) in [5.41, 5.74) is 15.5. The lowest BCUT2D eigenvalue weighted by Gasteiger charge is -2.28. The Kier molecular flexibility index (Phi) is 8.28. The number of alkyl halides is 3. The summed E-state index contributed by atoms with van der Waals surface area (Å²) in [4.78, 5) is 0. The summed E-state index contributed by atoms with van der Waals surface area (Å²) in [5, 5.41) is 16.1. The Balaban J connectivity index is 1.25. The Morgan fingerprint density at radius 1 is 0.689 bits per heavy atom. The van der Waals surface area contributed by atoms with Crippen LogP contribution in [0.15, 0.2) is 193 Å². The van der Waals surface area contributed by atoms with Gasteiger partial charge in [0.1, 0.15) is 0 Å². The lowest BCUT2D eigenvalue weighted by molar-refractivity contribution is -0.0887. The summed E-state index contributed by atoms with van der Waals surface area (Å²) in [7, 11) is 0. The van der Waals surface area contributed by atoms with E-state index in [4.69, 9.17) is 0 Å². The van der Waals surface area contributed by atoms with Gasteiger partial charge in [-0.3, -0.25) is 0 Å². The zero-order valence-corrected chi connectivity index (χ0v) is 33.2. The molecule has 0 heterocycles. The van der Waals surface area contributed by atoms with Gasteiger partial charge in [0.25, 0.3) is 0 Å². The van der Waals surface area contributed by atoms with Crippen LogP contribution in [0.4, 0.5) is 13.2 Å². The summed E-state index contributed by atoms with van der Waals surface area (Å²) >= 11 is 0. The Labute approximate surface area is 351 Å². The van der Waals surface area contributed by atoms with E-state index in [1.165, 1.54) is 72.7 Å². The van der Waals surface area contributed by atoms with E-state index in [9.17, 15) is 18.4 Å². The normalized spacial score (nSPS) is 17.9. The van der Waals surface area contributed by atoms with Crippen molar-refractivity contribution in [2.75, 3.05) is 0 Å². The molecule has 0 bridgehead atoms. The third-order valence-electron chi connectivity index (χ3n) is 12.9. The average molecular weight is 792 g/mol. The molecule has 5 aliphatic carbocycles. The molecule has 1 unspecified atom stereocenters. The lowest BCUT2D eigenvalue weighted by atomic mass is 9.74. The van der Waals surface area contributed by atoms with Gasteiger partial charge in [0.2, 0.25) is 0 Å². The number of benzene rings is 6. The highest BCUT2D eigenvalue weighted by atomic mass is 19.4. The van der Waals surface area contributed by atoms with Crippen molar-refractivity contribution < 1.29 is 13.2 Å². The van der Waals surface area contributed by atoms with Gasteiger partial charge in [0, 0.05) is 11.5 Å². The molecule has 0 aromatic heterocycles. The second kappa shape index (κ2) is 13.8. The minimum Gasteiger partial charge on any atom is -0.193 e. The molecule has 6 aromatic carbocycles. The van der Waals surface area contributed by atoms with E-state index in [0.29, 0.717) is 11.1 Å². The van der Waals surface area contributed by atoms with Gasteiger partial charge < -0.3 is 0 Å². The number of nitrogens with zero attached hydrogens (tertiary/aromatic N) is 1. The standard InChI is InChI=1S/C57H36F3N/c1-33(32-61)26-27-39(34(2)57(58,59)60)37-18-11-19-38(30-37)40-28-29-47-52-43(40)22-12-25-46(52)56-51(36-16-7-4-8-17-36)54-45-24-13-23-44-41-20-9-10-21-42(41)48(53(44)45)31-49(54)50(55(47)56)35-14-5-3-6-15-35/h3-29,31,53H,2,30H2,1H3/b33-26+,39-27+,40-38?. The molecule has 1 atom stereocenters. The number of fused-ring (bicyclic) bond motifs is 6. The minimum absolute atomic E-state index is 0.0263. The summed E-state index contributed by atoms with van der Waals surface area (Å²) < 4.78 is 42.7. The molecule has 0 saturated heterocycles. The van der Waals surface area contributed by atoms with Crippen molar-refractivity contribution >= 4 is 39.1 Å². The fourth-order valence-corrected chi connectivity index (χ4v) is 10.3. The zero-order chi connectivity index (χ0) is 41.6. The topological polar surface area (TPSA) is 23.8 Å². The number of nitriles is 1. The quantitative estimate of drug-likeness (QED) is 0.126. The highest BCUT2D eigenvalue weighted by Gasteiger charge is 2.39. The Bertz CT molecular complexity index is 3490. The Morgan fingerprint density at radius 3 is 2.07 bits per heavy atom. The summed E-state index contributed by atoms with van der Waals surface area (Å²) in [6.07, 6.45) is 13.3. The van der Waals surface area contributed by atoms with Crippen LogP contribution in [0.5, 0.6) is 0 Å². The van der Waals surface area contributed by atoms with Crippen molar-refractivity contribution in [3.8, 4) is 39.4 Å². The van der Waals surface area contributed by atoms with Crippen molar-refractivity contribution in [3.05, 3.63) is 230 Å². The predicted octanol–water partition coefficient (Wildman–Crippen LogP) is 13.3. The molecule has 0 aliphatic heterocycles. The fraction of sp³-hybridized carbons (Fsp3) is 0.0702. The molecule has 0 N–H and O–H groups in total. The molecule has 0 saturated carbocycles. The Morgan fingerprint density at radius 2 is 1.34 bits per heavy atom. The zero-order valence-electron chi connectivity index (χ0n) is 33.2. The van der Waals surface area contributed by atoms with Crippen LogP contribution in [0, 0.1) is 27.7 Å². The first-order valence-electron chi connectivity index (χ1n) is 20.5. The van der Waals surface area contributed by atoms with Crippen LogP contribution in [0.1, 0.15) is 30.0 Å². The fourth-order valence-electron chi connectivity index (χ4n) is 10.3. The van der Waals surface area contributed by atoms with Gasteiger partial charge in [-0.1, -0.05) is 164 Å². The van der Waals surface area contributed by atoms with Gasteiger partial charge in [-0.2, -0.15) is 18.4 Å². The molecule has 4 heteroatoms. The number of halogens is 3. The van der Waals surface area contributed by atoms with Gasteiger partial charge in [-0.15, -0.1) is 0 Å². The van der Waals surface area contributed by atoms with Crippen molar-refractivity contribution in [1.29, 1.82) is 5.26 Å². The SMILES string of the molecule is C=C(/C(=C\C=C(/C)C#N)C1=CC=CC(=c2ccc3c4c(cccc24)-c2c(-c4ccccc4)c4c(c(-c5ccccc5)c2=3)C=C2c3ccccc3C3=CC=CC=4C32)C1)C(F)(F)F. The first-order chi connectivity index (χ1) is 29.7. The van der Waals surface area contributed by atoms with Crippen molar-refractivity contribution in [2.45, 2.75) is 19.5 Å². The first-order valence-corrected chi connectivity index (χ1v) is 20.5. The molecule has 0 spiro atoms. The molecule has 61 heavy (non-hydrogen) atoms. The number of rotatable bonds is 5. The van der Waals surface area contributed by atoms with E-state index in [0.717, 1.165) is 43.5 Å². The van der Waals surface area contributed by atoms with Crippen LogP contribution in [0.2, 0.25) is 0 Å². The van der Waals surface area contributed by atoms with Crippen LogP contribution >= 0.6 is 0 Å². The van der Waals surface area contributed by atoms with Gasteiger partial charge in [0.15, 0.2) is 0 Å². The van der Waals surface area contributed by atoms with E-state index in [2.05, 4.69) is 146 Å². The first kappa shape index (κ1) is 36.6. The van der Waals surface area contributed by atoms with E-state index < -0.39 is 11.7 Å². The highest BCUT2D eigenvalue weighted by Crippen LogP contribution is 2.55. The van der Waals surface area contributed by atoms with E-state index in [1.54, 1.807) is 13.0 Å². The summed E-state index contributed by atoms with van der Waals surface area (Å²) in [6, 6.07) is 43.2. The third-order valence-corrected chi connectivity index (χ3v) is 12.9. The maximum atomic E-state index is 14.2. The maximum absolute atomic E-state index is 14.2. The monoisotopic (exact) mass is 791 g/mol. The molecular weight excluding hydrogens is 756 g/mol. The molecule has 5 aliphatic rings. The van der Waals surface area contributed by atoms with Gasteiger partial charge >= 0.3 is 6.18 Å². The third kappa shape index (κ3) is 5.54. The molecule has 0 radical (unpaired) electrons. The van der Waals surface area contributed by atoms with Crippen molar-refractivity contribution in [3.63, 3.8) is 0 Å². The molecule has 0 fully saturated rings. The molecule has 6 aromatic rings. The number of hydrogen-bond acceptors (Lipinski definition) is 1. The van der Waals surface area contributed by atoms with Crippen LogP contribution in [-0.4, -0.2) is 6.18 Å². The van der Waals surface area contributed by atoms with E-state index >= 15 is 0 Å². The van der Waals surface area contributed by atoms with Crippen LogP contribution in [0.3, 0.4) is 0 Å². The molecule has 11 rings (SSSR count). The van der Waals surface area contributed by atoms with Gasteiger partial charge in [-0.25, -0.2) is 0 Å². The maximum Gasteiger partial charge on any atom is 0.416 e. The smallest absolute Gasteiger partial charge is 0.193 e. The predicted molar refractivity (Wildman–Crippen MR) is 243 cm³/mol. The van der Waals surface area contributed by atoms with Gasteiger partial charge in [-0.05, 0) is 141 Å². The number of allylic oxidation sites excluding steroid dienone is 14. The summed E-state index contributed by atoms with van der Waals surface area (Å²) in [6.45, 7) is 5.04.